The number of halogens is 1. The summed E-state index contributed by atoms with van der Waals surface area (Å²) in [6, 6.07) is 23.6. The monoisotopic (exact) mass is 397 g/mol. The number of H-pyrrole nitrogens is 1. The zero-order chi connectivity index (χ0) is 20.3. The van der Waals surface area contributed by atoms with Crippen LogP contribution in [0, 0.1) is 5.82 Å². The molecule has 0 saturated carbocycles. The third kappa shape index (κ3) is 3.74. The van der Waals surface area contributed by atoms with Crippen LogP contribution in [-0.4, -0.2) is 16.1 Å². The molecule has 0 aliphatic heterocycles. The Kier molecular flexibility index (Phi) is 5.08. The third-order valence-corrected chi connectivity index (χ3v) is 5.70. The smallest absolute Gasteiger partial charge is 0.123 e. The summed E-state index contributed by atoms with van der Waals surface area (Å²) >= 11 is 0. The van der Waals surface area contributed by atoms with Crippen molar-refractivity contribution in [3.63, 3.8) is 0 Å². The molecule has 0 unspecified atom stereocenters. The fourth-order valence-corrected chi connectivity index (χ4v) is 4.17. The molecule has 0 saturated heterocycles. The first-order valence-corrected chi connectivity index (χ1v) is 10.3. The van der Waals surface area contributed by atoms with Gasteiger partial charge in [-0.05, 0) is 53.9 Å². The summed E-state index contributed by atoms with van der Waals surface area (Å²) in [5, 5.41) is 6.17. The number of fused-ring (bicyclic) bond motifs is 2. The van der Waals surface area contributed by atoms with Crippen LogP contribution in [0.15, 0.2) is 85.2 Å². The lowest BCUT2D eigenvalue weighted by Gasteiger charge is -2.05. The van der Waals surface area contributed by atoms with Gasteiger partial charge in [0.05, 0.1) is 0 Å². The van der Waals surface area contributed by atoms with E-state index < -0.39 is 0 Å². The highest BCUT2D eigenvalue weighted by Gasteiger charge is 2.09. The van der Waals surface area contributed by atoms with E-state index in [2.05, 4.69) is 75.8 Å². The van der Waals surface area contributed by atoms with Crippen LogP contribution in [0.5, 0.6) is 0 Å². The maximum Gasteiger partial charge on any atom is 0.123 e. The molecule has 150 valence electrons. The van der Waals surface area contributed by atoms with Crippen LogP contribution in [0.25, 0.3) is 21.8 Å². The fraction of sp³-hybridized carbons (Fsp3) is 0.154. The number of rotatable bonds is 7. The van der Waals surface area contributed by atoms with Crippen LogP contribution < -0.4 is 5.32 Å². The Morgan fingerprint density at radius 2 is 1.60 bits per heavy atom. The minimum absolute atomic E-state index is 0.198. The highest BCUT2D eigenvalue weighted by Crippen LogP contribution is 2.23. The fourth-order valence-electron chi connectivity index (χ4n) is 4.17. The molecule has 0 fully saturated rings. The summed E-state index contributed by atoms with van der Waals surface area (Å²) < 4.78 is 15.5. The maximum atomic E-state index is 13.2. The molecule has 2 N–H and O–H groups in total. The molecule has 5 rings (SSSR count). The number of aromatic amines is 1. The van der Waals surface area contributed by atoms with Gasteiger partial charge < -0.3 is 14.9 Å². The van der Waals surface area contributed by atoms with E-state index >= 15 is 0 Å². The number of hydrogen-bond donors (Lipinski definition) is 2. The van der Waals surface area contributed by atoms with Gasteiger partial charge in [0.25, 0.3) is 0 Å². The first kappa shape index (κ1) is 18.6. The van der Waals surface area contributed by atoms with E-state index in [-0.39, 0.29) is 5.82 Å². The van der Waals surface area contributed by atoms with Gasteiger partial charge in [0.15, 0.2) is 0 Å². The number of para-hydroxylation sites is 2. The van der Waals surface area contributed by atoms with Gasteiger partial charge in [0.1, 0.15) is 5.82 Å². The van der Waals surface area contributed by atoms with Crippen LogP contribution >= 0.6 is 0 Å². The number of hydrogen-bond acceptors (Lipinski definition) is 1. The summed E-state index contributed by atoms with van der Waals surface area (Å²) in [6.45, 7) is 2.47. The lowest BCUT2D eigenvalue weighted by molar-refractivity contribution is 0.626. The standard InChI is InChI=1S/C26H24FN3/c27-22-11-9-19(10-12-22)17-30-18-21(24-6-2-4-8-26(24)30)15-28-14-13-20-16-29-25-7-3-1-5-23(20)25/h1-12,16,18,28-29H,13-15,17H2. The average Bonchev–Trinajstić information content (AvgIpc) is 3.35. The molecular formula is C26H24FN3. The van der Waals surface area contributed by atoms with Gasteiger partial charge in [-0.2, -0.15) is 0 Å². The van der Waals surface area contributed by atoms with Crippen molar-refractivity contribution in [1.29, 1.82) is 0 Å². The van der Waals surface area contributed by atoms with Crippen molar-refractivity contribution in [3.8, 4) is 0 Å². The van der Waals surface area contributed by atoms with Crippen molar-refractivity contribution in [1.82, 2.24) is 14.9 Å². The quantitative estimate of drug-likeness (QED) is 0.342. The molecule has 0 amide bonds. The summed E-state index contributed by atoms with van der Waals surface area (Å²) in [5.74, 6) is -0.198. The number of nitrogens with one attached hydrogen (secondary N) is 2. The minimum Gasteiger partial charge on any atom is -0.361 e. The van der Waals surface area contributed by atoms with Gasteiger partial charge in [-0.1, -0.05) is 48.5 Å². The van der Waals surface area contributed by atoms with Gasteiger partial charge >= 0.3 is 0 Å². The molecular weight excluding hydrogens is 373 g/mol. The molecule has 2 heterocycles. The topological polar surface area (TPSA) is 32.8 Å². The van der Waals surface area contributed by atoms with Crippen LogP contribution in [-0.2, 0) is 19.5 Å². The van der Waals surface area contributed by atoms with Crippen LogP contribution in [0.3, 0.4) is 0 Å². The highest BCUT2D eigenvalue weighted by atomic mass is 19.1. The lowest BCUT2D eigenvalue weighted by Crippen LogP contribution is -2.16. The Hall–Kier alpha value is -3.37. The molecule has 3 aromatic carbocycles. The minimum atomic E-state index is -0.198. The van der Waals surface area contributed by atoms with Crippen molar-refractivity contribution < 1.29 is 4.39 Å². The van der Waals surface area contributed by atoms with Gasteiger partial charge in [-0.25, -0.2) is 4.39 Å². The van der Waals surface area contributed by atoms with E-state index in [1.807, 2.05) is 12.1 Å². The van der Waals surface area contributed by atoms with Gasteiger partial charge in [-0.15, -0.1) is 0 Å². The maximum absolute atomic E-state index is 13.2. The largest absolute Gasteiger partial charge is 0.361 e. The second-order valence-electron chi connectivity index (χ2n) is 7.71. The van der Waals surface area contributed by atoms with Crippen molar-refractivity contribution in [2.24, 2.45) is 0 Å². The van der Waals surface area contributed by atoms with E-state index in [0.717, 1.165) is 31.6 Å². The SMILES string of the molecule is Fc1ccc(Cn2cc(CNCCc3c[nH]c4ccccc34)c3ccccc32)cc1. The van der Waals surface area contributed by atoms with E-state index in [1.165, 1.54) is 45.1 Å². The molecule has 2 aromatic heterocycles. The molecule has 5 aromatic rings. The molecule has 0 atom stereocenters. The molecule has 4 heteroatoms. The van der Waals surface area contributed by atoms with Crippen molar-refractivity contribution in [3.05, 3.63) is 108 Å². The van der Waals surface area contributed by atoms with E-state index in [0.29, 0.717) is 0 Å². The van der Waals surface area contributed by atoms with Crippen LogP contribution in [0.4, 0.5) is 4.39 Å². The summed E-state index contributed by atoms with van der Waals surface area (Å²) in [4.78, 5) is 3.35. The number of benzene rings is 3. The van der Waals surface area contributed by atoms with Gasteiger partial charge in [0.2, 0.25) is 0 Å². The number of nitrogens with zero attached hydrogens (tertiary/aromatic N) is 1. The van der Waals surface area contributed by atoms with Crippen LogP contribution in [0.1, 0.15) is 16.7 Å². The van der Waals surface area contributed by atoms with Gasteiger partial charge in [-0.3, -0.25) is 0 Å². The van der Waals surface area contributed by atoms with E-state index in [1.54, 1.807) is 0 Å². The zero-order valence-electron chi connectivity index (χ0n) is 16.7. The van der Waals surface area contributed by atoms with Crippen molar-refractivity contribution in [2.75, 3.05) is 6.54 Å². The van der Waals surface area contributed by atoms with Crippen LogP contribution in [0.2, 0.25) is 0 Å². The Morgan fingerprint density at radius 1 is 0.833 bits per heavy atom. The van der Waals surface area contributed by atoms with E-state index in [4.69, 9.17) is 0 Å². The average molecular weight is 397 g/mol. The Bertz CT molecular complexity index is 1280. The lowest BCUT2D eigenvalue weighted by atomic mass is 10.1. The number of aromatic nitrogens is 2. The van der Waals surface area contributed by atoms with Crippen molar-refractivity contribution >= 4 is 21.8 Å². The van der Waals surface area contributed by atoms with E-state index in [9.17, 15) is 4.39 Å². The molecule has 3 nitrogen and oxygen atoms in total. The molecule has 0 aliphatic carbocycles. The molecule has 0 bridgehead atoms. The first-order chi connectivity index (χ1) is 14.8. The summed E-state index contributed by atoms with van der Waals surface area (Å²) in [6.07, 6.45) is 5.31. The Balaban J connectivity index is 1.29. The second kappa shape index (κ2) is 8.17. The normalized spacial score (nSPS) is 11.5. The third-order valence-electron chi connectivity index (χ3n) is 5.70. The Labute approximate surface area is 175 Å². The molecule has 30 heavy (non-hydrogen) atoms. The highest BCUT2D eigenvalue weighted by molar-refractivity contribution is 5.84. The van der Waals surface area contributed by atoms with Crippen molar-refractivity contribution in [2.45, 2.75) is 19.5 Å². The molecule has 0 aliphatic rings. The zero-order valence-corrected chi connectivity index (χ0v) is 16.7. The summed E-state index contributed by atoms with van der Waals surface area (Å²) in [5.41, 5.74) is 6.12. The second-order valence-corrected chi connectivity index (χ2v) is 7.71. The molecule has 0 radical (unpaired) electrons. The summed E-state index contributed by atoms with van der Waals surface area (Å²) in [7, 11) is 0. The Morgan fingerprint density at radius 3 is 2.47 bits per heavy atom. The first-order valence-electron chi connectivity index (χ1n) is 10.3. The predicted octanol–water partition coefficient (Wildman–Crippen LogP) is 5.64. The van der Waals surface area contributed by atoms with Gasteiger partial charge in [0, 0.05) is 47.3 Å². The molecule has 0 spiro atoms. The predicted molar refractivity (Wildman–Crippen MR) is 121 cm³/mol.